The van der Waals surface area contributed by atoms with Crippen LogP contribution in [0.3, 0.4) is 0 Å². The van der Waals surface area contributed by atoms with Gasteiger partial charge in [0.05, 0.1) is 12.0 Å². The Bertz CT molecular complexity index is 309. The topological polar surface area (TPSA) is 55.5 Å². The van der Waals surface area contributed by atoms with Crippen LogP contribution >= 0.6 is 23.4 Å². The Balaban J connectivity index is 2.87. The number of halogens is 1. The summed E-state index contributed by atoms with van der Waals surface area (Å²) in [6, 6.07) is 5.23. The molecule has 0 aliphatic rings. The fourth-order valence-electron chi connectivity index (χ4n) is 0.937. The minimum atomic E-state index is -0.637. The molecule has 0 fully saturated rings. The molecular weight excluding hydrogens is 222 g/mol. The van der Waals surface area contributed by atoms with E-state index in [4.69, 9.17) is 22.1 Å². The van der Waals surface area contributed by atoms with Crippen molar-refractivity contribution in [3.8, 4) is 5.75 Å². The highest BCUT2D eigenvalue weighted by Crippen LogP contribution is 2.33. The van der Waals surface area contributed by atoms with E-state index in [-0.39, 0.29) is 6.54 Å². The zero-order valence-corrected chi connectivity index (χ0v) is 9.31. The Morgan fingerprint density at radius 1 is 1.64 bits per heavy atom. The van der Waals surface area contributed by atoms with E-state index in [1.807, 2.05) is 0 Å². The number of hydrogen-bond acceptors (Lipinski definition) is 4. The molecule has 5 heteroatoms. The van der Waals surface area contributed by atoms with E-state index < -0.39 is 5.44 Å². The minimum Gasteiger partial charge on any atom is -0.496 e. The van der Waals surface area contributed by atoms with Crippen molar-refractivity contribution in [1.82, 2.24) is 0 Å². The predicted molar refractivity (Wildman–Crippen MR) is 58.9 cm³/mol. The summed E-state index contributed by atoms with van der Waals surface area (Å²) in [5.74, 6) is 0.687. The smallest absolute Gasteiger partial charge is 0.132 e. The van der Waals surface area contributed by atoms with Gasteiger partial charge in [0.15, 0.2) is 0 Å². The van der Waals surface area contributed by atoms with E-state index in [1.54, 1.807) is 25.3 Å². The van der Waals surface area contributed by atoms with E-state index in [9.17, 15) is 5.11 Å². The highest BCUT2D eigenvalue weighted by Gasteiger charge is 2.09. The minimum absolute atomic E-state index is 0.195. The number of nitrogens with two attached hydrogens (primary N) is 1. The summed E-state index contributed by atoms with van der Waals surface area (Å²) < 4.78 is 5.11. The van der Waals surface area contributed by atoms with Crippen molar-refractivity contribution < 1.29 is 9.84 Å². The first-order valence-corrected chi connectivity index (χ1v) is 5.31. The van der Waals surface area contributed by atoms with Crippen molar-refractivity contribution in [3.63, 3.8) is 0 Å². The zero-order valence-electron chi connectivity index (χ0n) is 7.74. The fourth-order valence-corrected chi connectivity index (χ4v) is 2.03. The number of thioether (sulfide) groups is 1. The van der Waals surface area contributed by atoms with Crippen LogP contribution in [0.4, 0.5) is 0 Å². The van der Waals surface area contributed by atoms with Crippen molar-refractivity contribution in [1.29, 1.82) is 0 Å². The first kappa shape index (κ1) is 11.7. The molecule has 0 bridgehead atoms. The molecule has 1 aromatic rings. The highest BCUT2D eigenvalue weighted by atomic mass is 35.5. The molecule has 0 spiro atoms. The predicted octanol–water partition coefficient (Wildman–Crippen LogP) is 1.72. The Morgan fingerprint density at radius 2 is 2.36 bits per heavy atom. The van der Waals surface area contributed by atoms with Crippen molar-refractivity contribution in [2.75, 3.05) is 13.7 Å². The molecule has 1 unspecified atom stereocenters. The average Bonchev–Trinajstić information content (AvgIpc) is 2.18. The monoisotopic (exact) mass is 233 g/mol. The Kier molecular flexibility index (Phi) is 4.54. The second-order valence-corrected chi connectivity index (χ2v) is 4.26. The molecule has 0 saturated heterocycles. The van der Waals surface area contributed by atoms with Crippen molar-refractivity contribution in [2.45, 2.75) is 10.3 Å². The molecular formula is C9H12ClNO2S. The number of aliphatic hydroxyl groups is 1. The summed E-state index contributed by atoms with van der Waals surface area (Å²) in [6.45, 7) is 0.195. The highest BCUT2D eigenvalue weighted by molar-refractivity contribution is 7.99. The van der Waals surface area contributed by atoms with Gasteiger partial charge in [0.1, 0.15) is 11.2 Å². The summed E-state index contributed by atoms with van der Waals surface area (Å²) in [5, 5.41) is 9.97. The molecule has 1 atom stereocenters. The van der Waals surface area contributed by atoms with Gasteiger partial charge in [0, 0.05) is 11.6 Å². The van der Waals surface area contributed by atoms with Gasteiger partial charge in [-0.15, -0.1) is 0 Å². The first-order valence-electron chi connectivity index (χ1n) is 4.05. The zero-order chi connectivity index (χ0) is 10.6. The number of benzene rings is 1. The molecule has 0 aromatic heterocycles. The Labute approximate surface area is 92.2 Å². The average molecular weight is 234 g/mol. The molecule has 1 rings (SSSR count). The van der Waals surface area contributed by atoms with Gasteiger partial charge in [0.2, 0.25) is 0 Å². The van der Waals surface area contributed by atoms with Crippen LogP contribution in [0.5, 0.6) is 5.75 Å². The van der Waals surface area contributed by atoms with Crippen LogP contribution in [0.1, 0.15) is 0 Å². The summed E-state index contributed by atoms with van der Waals surface area (Å²) in [6.07, 6.45) is 0. The van der Waals surface area contributed by atoms with Gasteiger partial charge < -0.3 is 15.6 Å². The van der Waals surface area contributed by atoms with E-state index in [2.05, 4.69) is 0 Å². The van der Waals surface area contributed by atoms with Crippen LogP contribution in [0.2, 0.25) is 5.02 Å². The van der Waals surface area contributed by atoms with E-state index >= 15 is 0 Å². The van der Waals surface area contributed by atoms with Gasteiger partial charge >= 0.3 is 0 Å². The second-order valence-electron chi connectivity index (χ2n) is 2.60. The molecule has 3 N–H and O–H groups in total. The van der Waals surface area contributed by atoms with Crippen molar-refractivity contribution in [2.24, 2.45) is 5.73 Å². The van der Waals surface area contributed by atoms with Crippen LogP contribution in [0.25, 0.3) is 0 Å². The van der Waals surface area contributed by atoms with Crippen LogP contribution in [-0.2, 0) is 0 Å². The molecule has 14 heavy (non-hydrogen) atoms. The van der Waals surface area contributed by atoms with Gasteiger partial charge in [-0.2, -0.15) is 0 Å². The van der Waals surface area contributed by atoms with Crippen LogP contribution in [-0.4, -0.2) is 24.2 Å². The lowest BCUT2D eigenvalue weighted by molar-refractivity contribution is 0.271. The number of ether oxygens (including phenoxy) is 1. The third-order valence-corrected chi connectivity index (χ3v) is 2.86. The van der Waals surface area contributed by atoms with Gasteiger partial charge in [0.25, 0.3) is 0 Å². The van der Waals surface area contributed by atoms with Gasteiger partial charge in [-0.25, -0.2) is 0 Å². The number of methoxy groups -OCH3 is 1. The summed E-state index contributed by atoms with van der Waals surface area (Å²) >= 11 is 7.05. The molecule has 0 saturated carbocycles. The Hall–Kier alpha value is -0.420. The largest absolute Gasteiger partial charge is 0.496 e. The lowest BCUT2D eigenvalue weighted by Gasteiger charge is -2.11. The molecule has 0 heterocycles. The van der Waals surface area contributed by atoms with Gasteiger partial charge in [-0.3, -0.25) is 0 Å². The van der Waals surface area contributed by atoms with Crippen LogP contribution < -0.4 is 10.5 Å². The molecule has 78 valence electrons. The first-order chi connectivity index (χ1) is 6.67. The van der Waals surface area contributed by atoms with Crippen molar-refractivity contribution in [3.05, 3.63) is 23.2 Å². The van der Waals surface area contributed by atoms with Gasteiger partial charge in [-0.05, 0) is 18.2 Å². The van der Waals surface area contributed by atoms with E-state index in [0.717, 1.165) is 4.90 Å². The molecule has 0 radical (unpaired) electrons. The maximum atomic E-state index is 9.36. The van der Waals surface area contributed by atoms with Gasteiger partial charge in [-0.1, -0.05) is 23.4 Å². The molecule has 0 amide bonds. The SMILES string of the molecule is COc1ccc(Cl)cc1SC(O)CN. The molecule has 3 nitrogen and oxygen atoms in total. The lowest BCUT2D eigenvalue weighted by Crippen LogP contribution is -2.15. The lowest BCUT2D eigenvalue weighted by atomic mass is 10.3. The summed E-state index contributed by atoms with van der Waals surface area (Å²) in [4.78, 5) is 0.790. The van der Waals surface area contributed by atoms with Crippen molar-refractivity contribution >= 4 is 23.4 Å². The molecule has 0 aliphatic heterocycles. The summed E-state index contributed by atoms with van der Waals surface area (Å²) in [7, 11) is 1.57. The molecule has 0 aliphatic carbocycles. The Morgan fingerprint density at radius 3 is 2.93 bits per heavy atom. The maximum absolute atomic E-state index is 9.36. The standard InChI is InChI=1S/C9H12ClNO2S/c1-13-7-3-2-6(10)4-8(7)14-9(12)5-11/h2-4,9,12H,5,11H2,1H3. The quantitative estimate of drug-likeness (QED) is 0.614. The van der Waals surface area contributed by atoms with Crippen LogP contribution in [0.15, 0.2) is 23.1 Å². The number of aliphatic hydroxyl groups excluding tert-OH is 1. The summed E-state index contributed by atoms with van der Waals surface area (Å²) in [5.41, 5.74) is 4.67. The number of rotatable bonds is 4. The number of hydrogen-bond donors (Lipinski definition) is 2. The normalized spacial score (nSPS) is 12.6. The van der Waals surface area contributed by atoms with E-state index in [1.165, 1.54) is 11.8 Å². The third kappa shape index (κ3) is 3.06. The van der Waals surface area contributed by atoms with Crippen LogP contribution in [0, 0.1) is 0 Å². The second kappa shape index (κ2) is 5.46. The van der Waals surface area contributed by atoms with E-state index in [0.29, 0.717) is 10.8 Å². The molecule has 1 aromatic carbocycles. The third-order valence-electron chi connectivity index (χ3n) is 1.59. The maximum Gasteiger partial charge on any atom is 0.132 e. The fraction of sp³-hybridized carbons (Fsp3) is 0.333.